The van der Waals surface area contributed by atoms with E-state index in [2.05, 4.69) is 25.4 Å². The van der Waals surface area contributed by atoms with Crippen molar-refractivity contribution in [3.8, 4) is 0 Å². The van der Waals surface area contributed by atoms with Crippen LogP contribution in [0, 0.1) is 0 Å². The highest BCUT2D eigenvalue weighted by molar-refractivity contribution is 6.29. The molecular formula is C16H18ClN7O5. The molecule has 4 rings (SSSR count). The molecule has 0 radical (unpaired) electrons. The molecule has 1 saturated heterocycles. The highest BCUT2D eigenvalue weighted by Crippen LogP contribution is 2.31. The van der Waals surface area contributed by atoms with Crippen LogP contribution in [-0.4, -0.2) is 76.1 Å². The molecule has 0 saturated carbocycles. The topological polar surface area (TPSA) is 160 Å². The molecule has 0 spiro atoms. The average Bonchev–Trinajstić information content (AvgIpc) is 3.26. The molecule has 12 nitrogen and oxygen atoms in total. The average molecular weight is 424 g/mol. The fourth-order valence-corrected chi connectivity index (χ4v) is 3.30. The molecule has 3 aromatic heterocycles. The van der Waals surface area contributed by atoms with Gasteiger partial charge in [-0.1, -0.05) is 11.6 Å². The van der Waals surface area contributed by atoms with Crippen molar-refractivity contribution in [1.29, 1.82) is 0 Å². The van der Waals surface area contributed by atoms with E-state index in [9.17, 15) is 20.1 Å². The van der Waals surface area contributed by atoms with Gasteiger partial charge in [0.25, 0.3) is 5.56 Å². The Morgan fingerprint density at radius 1 is 1.21 bits per heavy atom. The van der Waals surface area contributed by atoms with Gasteiger partial charge < -0.3 is 25.4 Å². The predicted octanol–water partition coefficient (Wildman–Crippen LogP) is -1.24. The van der Waals surface area contributed by atoms with E-state index in [0.29, 0.717) is 23.5 Å². The normalized spacial score (nSPS) is 24.3. The SMILES string of the molecule is O=c1ccc(Cl)nn1CCNc1ncnc2c1ncn2[C@@H]1O[C@H](CO)[C@@H](O)[C@H]1O. The van der Waals surface area contributed by atoms with Crippen molar-refractivity contribution < 1.29 is 20.1 Å². The van der Waals surface area contributed by atoms with Gasteiger partial charge in [0.2, 0.25) is 0 Å². The summed E-state index contributed by atoms with van der Waals surface area (Å²) < 4.78 is 8.22. The molecule has 29 heavy (non-hydrogen) atoms. The van der Waals surface area contributed by atoms with Crippen LogP contribution < -0.4 is 10.9 Å². The van der Waals surface area contributed by atoms with Crippen LogP contribution in [0.5, 0.6) is 0 Å². The lowest BCUT2D eigenvalue weighted by molar-refractivity contribution is -0.0511. The summed E-state index contributed by atoms with van der Waals surface area (Å²) in [4.78, 5) is 24.4. The zero-order valence-electron chi connectivity index (χ0n) is 15.0. The Labute approximate surface area is 168 Å². The first kappa shape index (κ1) is 19.7. The monoisotopic (exact) mass is 423 g/mol. The standard InChI is InChI=1S/C16H18ClN7O5/c17-9-1-2-10(26)24(22-9)4-3-18-14-11-15(20-6-19-14)23(7-21-11)16-13(28)12(27)8(5-25)29-16/h1-2,6-8,12-13,16,25,27-28H,3-5H2,(H,18,19,20)/t8-,12-,13-,16-/m1/s1. The van der Waals surface area contributed by atoms with E-state index < -0.39 is 31.1 Å². The number of halogens is 1. The summed E-state index contributed by atoms with van der Waals surface area (Å²) in [6.07, 6.45) is -1.62. The van der Waals surface area contributed by atoms with E-state index in [-0.39, 0.29) is 17.3 Å². The largest absolute Gasteiger partial charge is 0.394 e. The van der Waals surface area contributed by atoms with Gasteiger partial charge in [0.05, 0.1) is 19.5 Å². The van der Waals surface area contributed by atoms with E-state index in [1.165, 1.54) is 34.0 Å². The van der Waals surface area contributed by atoms with E-state index in [4.69, 9.17) is 16.3 Å². The highest BCUT2D eigenvalue weighted by Gasteiger charge is 2.44. The molecule has 4 heterocycles. The van der Waals surface area contributed by atoms with Gasteiger partial charge in [0.1, 0.15) is 29.8 Å². The number of hydrogen-bond acceptors (Lipinski definition) is 10. The second-order valence-corrected chi connectivity index (χ2v) is 6.81. The summed E-state index contributed by atoms with van der Waals surface area (Å²) in [6, 6.07) is 2.76. The summed E-state index contributed by atoms with van der Waals surface area (Å²) >= 11 is 5.81. The Kier molecular flexibility index (Phi) is 5.43. The third kappa shape index (κ3) is 3.68. The first-order chi connectivity index (χ1) is 14.0. The molecule has 0 aliphatic carbocycles. The number of ether oxygens (including phenoxy) is 1. The summed E-state index contributed by atoms with van der Waals surface area (Å²) in [5.41, 5.74) is 0.504. The molecule has 0 amide bonds. The number of imidazole rings is 1. The molecule has 0 bridgehead atoms. The molecule has 154 valence electrons. The minimum atomic E-state index is -1.25. The van der Waals surface area contributed by atoms with Gasteiger partial charge in [-0.2, -0.15) is 5.10 Å². The van der Waals surface area contributed by atoms with Crippen molar-refractivity contribution in [3.63, 3.8) is 0 Å². The number of fused-ring (bicyclic) bond motifs is 1. The number of aromatic nitrogens is 6. The molecule has 1 fully saturated rings. The van der Waals surface area contributed by atoms with Crippen LogP contribution in [0.3, 0.4) is 0 Å². The molecular weight excluding hydrogens is 406 g/mol. The summed E-state index contributed by atoms with van der Waals surface area (Å²) in [5.74, 6) is 0.413. The van der Waals surface area contributed by atoms with Gasteiger partial charge in [0, 0.05) is 12.6 Å². The number of aliphatic hydroxyl groups is 3. The number of aliphatic hydroxyl groups excluding tert-OH is 3. The highest BCUT2D eigenvalue weighted by atomic mass is 35.5. The zero-order valence-corrected chi connectivity index (χ0v) is 15.7. The minimum Gasteiger partial charge on any atom is -0.394 e. The van der Waals surface area contributed by atoms with Crippen LogP contribution in [0.2, 0.25) is 5.15 Å². The number of nitrogens with one attached hydrogen (secondary N) is 1. The van der Waals surface area contributed by atoms with Crippen LogP contribution in [0.25, 0.3) is 11.2 Å². The van der Waals surface area contributed by atoms with Crippen molar-refractivity contribution in [2.75, 3.05) is 18.5 Å². The van der Waals surface area contributed by atoms with Crippen LogP contribution in [0.15, 0.2) is 29.6 Å². The van der Waals surface area contributed by atoms with Crippen LogP contribution in [0.1, 0.15) is 6.23 Å². The molecule has 1 aliphatic rings. The van der Waals surface area contributed by atoms with Crippen molar-refractivity contribution in [2.45, 2.75) is 31.1 Å². The van der Waals surface area contributed by atoms with E-state index in [1.807, 2.05) is 0 Å². The third-order valence-electron chi connectivity index (χ3n) is 4.60. The van der Waals surface area contributed by atoms with Crippen molar-refractivity contribution in [3.05, 3.63) is 40.3 Å². The molecule has 3 aromatic rings. The number of nitrogens with zero attached hydrogens (tertiary/aromatic N) is 6. The van der Waals surface area contributed by atoms with Gasteiger partial charge in [-0.05, 0) is 6.07 Å². The fourth-order valence-electron chi connectivity index (χ4n) is 3.14. The van der Waals surface area contributed by atoms with Crippen LogP contribution in [0.4, 0.5) is 5.82 Å². The van der Waals surface area contributed by atoms with E-state index >= 15 is 0 Å². The summed E-state index contributed by atoms with van der Waals surface area (Å²) in [5, 5.41) is 36.7. The fraction of sp³-hybridized carbons (Fsp3) is 0.438. The molecule has 0 aromatic carbocycles. The minimum absolute atomic E-state index is 0.214. The van der Waals surface area contributed by atoms with Crippen LogP contribution in [-0.2, 0) is 11.3 Å². The molecule has 1 aliphatic heterocycles. The van der Waals surface area contributed by atoms with Gasteiger partial charge in [-0.25, -0.2) is 19.6 Å². The summed E-state index contributed by atoms with van der Waals surface area (Å²) in [6.45, 7) is 0.139. The second kappa shape index (κ2) is 8.00. The molecule has 0 unspecified atom stereocenters. The van der Waals surface area contributed by atoms with E-state index in [0.717, 1.165) is 0 Å². The van der Waals surface area contributed by atoms with Gasteiger partial charge >= 0.3 is 0 Å². The van der Waals surface area contributed by atoms with E-state index in [1.54, 1.807) is 0 Å². The summed E-state index contributed by atoms with van der Waals surface area (Å²) in [7, 11) is 0. The zero-order chi connectivity index (χ0) is 20.5. The maximum absolute atomic E-state index is 11.8. The van der Waals surface area contributed by atoms with Crippen molar-refractivity contribution >= 4 is 28.6 Å². The lowest BCUT2D eigenvalue weighted by Gasteiger charge is -2.16. The smallest absolute Gasteiger partial charge is 0.266 e. The number of rotatable bonds is 6. The Morgan fingerprint density at radius 3 is 2.79 bits per heavy atom. The maximum atomic E-state index is 11.8. The Bertz CT molecular complexity index is 1070. The van der Waals surface area contributed by atoms with Crippen molar-refractivity contribution in [2.24, 2.45) is 0 Å². The molecule has 4 atom stereocenters. The maximum Gasteiger partial charge on any atom is 0.266 e. The third-order valence-corrected chi connectivity index (χ3v) is 4.80. The van der Waals surface area contributed by atoms with Gasteiger partial charge in [-0.15, -0.1) is 0 Å². The van der Waals surface area contributed by atoms with Gasteiger partial charge in [-0.3, -0.25) is 9.36 Å². The van der Waals surface area contributed by atoms with Crippen LogP contribution >= 0.6 is 11.6 Å². The lowest BCUT2D eigenvalue weighted by atomic mass is 10.1. The molecule has 4 N–H and O–H groups in total. The number of hydrogen-bond donors (Lipinski definition) is 4. The Morgan fingerprint density at radius 2 is 2.03 bits per heavy atom. The second-order valence-electron chi connectivity index (χ2n) is 6.42. The molecule has 13 heteroatoms. The predicted molar refractivity (Wildman–Crippen MR) is 100 cm³/mol. The lowest BCUT2D eigenvalue weighted by Crippen LogP contribution is -2.33. The Balaban J connectivity index is 1.53. The Hall–Kier alpha value is -2.64. The first-order valence-electron chi connectivity index (χ1n) is 8.77. The number of anilines is 1. The van der Waals surface area contributed by atoms with Crippen molar-refractivity contribution in [1.82, 2.24) is 29.3 Å². The first-order valence-corrected chi connectivity index (χ1v) is 9.15. The quantitative estimate of drug-likeness (QED) is 0.377. The van der Waals surface area contributed by atoms with Gasteiger partial charge in [0.15, 0.2) is 23.2 Å².